The van der Waals surface area contributed by atoms with Crippen molar-refractivity contribution >= 4 is 15.9 Å². The molecule has 0 bridgehead atoms. The van der Waals surface area contributed by atoms with Gasteiger partial charge >= 0.3 is 0 Å². The first kappa shape index (κ1) is 15.7. The Labute approximate surface area is 155 Å². The molecular formula is C22H16BrNO. The van der Waals surface area contributed by atoms with Gasteiger partial charge in [0.05, 0.1) is 11.4 Å². The number of aromatic hydroxyl groups is 1. The monoisotopic (exact) mass is 389 g/mol. The van der Waals surface area contributed by atoms with E-state index in [4.69, 9.17) is 0 Å². The van der Waals surface area contributed by atoms with E-state index >= 15 is 0 Å². The first-order valence-corrected chi connectivity index (χ1v) is 8.84. The van der Waals surface area contributed by atoms with E-state index in [1.54, 1.807) is 12.1 Å². The molecule has 0 unspecified atom stereocenters. The van der Waals surface area contributed by atoms with Gasteiger partial charge in [-0.25, -0.2) is 0 Å². The summed E-state index contributed by atoms with van der Waals surface area (Å²) in [6.07, 6.45) is 0. The Morgan fingerprint density at radius 3 is 1.76 bits per heavy atom. The van der Waals surface area contributed by atoms with Gasteiger partial charge in [0.25, 0.3) is 0 Å². The average Bonchev–Trinajstić information content (AvgIpc) is 3.09. The Morgan fingerprint density at radius 1 is 0.600 bits per heavy atom. The first-order chi connectivity index (χ1) is 12.2. The van der Waals surface area contributed by atoms with Gasteiger partial charge < -0.3 is 9.67 Å². The lowest BCUT2D eigenvalue weighted by atomic mass is 10.1. The van der Waals surface area contributed by atoms with Gasteiger partial charge in [0, 0.05) is 10.2 Å². The summed E-state index contributed by atoms with van der Waals surface area (Å²) in [6.45, 7) is 0. The van der Waals surface area contributed by atoms with Gasteiger partial charge in [-0.05, 0) is 71.8 Å². The van der Waals surface area contributed by atoms with Gasteiger partial charge in [0.2, 0.25) is 0 Å². The number of halogens is 1. The topological polar surface area (TPSA) is 25.2 Å². The molecule has 1 aromatic heterocycles. The number of phenolic OH excluding ortho intramolecular Hbond substituents is 1. The Balaban J connectivity index is 1.94. The standard InChI is InChI=1S/C22H16BrNO/c23-18-8-10-19(11-9-18)24-21(16-4-2-1-3-5-16)14-15-22(24)17-6-12-20(25)13-7-17/h1-15,25H. The van der Waals surface area contributed by atoms with Crippen LogP contribution in [0, 0.1) is 0 Å². The zero-order chi connectivity index (χ0) is 17.2. The fourth-order valence-electron chi connectivity index (χ4n) is 3.00. The Bertz CT molecular complexity index is 987. The zero-order valence-corrected chi connectivity index (χ0v) is 15.0. The summed E-state index contributed by atoms with van der Waals surface area (Å²) < 4.78 is 3.30. The number of rotatable bonds is 3. The molecule has 4 aromatic rings. The number of hydrogen-bond donors (Lipinski definition) is 1. The molecule has 0 aliphatic carbocycles. The molecule has 0 radical (unpaired) electrons. The molecule has 0 saturated carbocycles. The fourth-order valence-corrected chi connectivity index (χ4v) is 3.26. The van der Waals surface area contributed by atoms with Gasteiger partial charge in [-0.15, -0.1) is 0 Å². The molecule has 122 valence electrons. The Morgan fingerprint density at radius 2 is 1.16 bits per heavy atom. The molecule has 2 nitrogen and oxygen atoms in total. The highest BCUT2D eigenvalue weighted by molar-refractivity contribution is 9.10. The van der Waals surface area contributed by atoms with Crippen LogP contribution in [0.4, 0.5) is 0 Å². The van der Waals surface area contributed by atoms with Crippen molar-refractivity contribution in [1.29, 1.82) is 0 Å². The number of phenols is 1. The van der Waals surface area contributed by atoms with Crippen LogP contribution in [0.25, 0.3) is 28.2 Å². The number of hydrogen-bond acceptors (Lipinski definition) is 1. The summed E-state index contributed by atoms with van der Waals surface area (Å²) in [5.41, 5.74) is 5.53. The van der Waals surface area contributed by atoms with Crippen molar-refractivity contribution in [3.05, 3.63) is 95.5 Å². The molecular weight excluding hydrogens is 374 g/mol. The molecule has 0 aliphatic rings. The van der Waals surface area contributed by atoms with E-state index in [0.29, 0.717) is 0 Å². The number of nitrogens with zero attached hydrogens (tertiary/aromatic N) is 1. The molecule has 3 aromatic carbocycles. The highest BCUT2D eigenvalue weighted by Gasteiger charge is 2.13. The third kappa shape index (κ3) is 3.11. The zero-order valence-electron chi connectivity index (χ0n) is 13.4. The normalized spacial score (nSPS) is 10.8. The highest BCUT2D eigenvalue weighted by atomic mass is 79.9. The summed E-state index contributed by atoms with van der Waals surface area (Å²) in [5, 5.41) is 9.59. The lowest BCUT2D eigenvalue weighted by molar-refractivity contribution is 0.475. The smallest absolute Gasteiger partial charge is 0.115 e. The van der Waals surface area contributed by atoms with Crippen LogP contribution in [-0.4, -0.2) is 9.67 Å². The van der Waals surface area contributed by atoms with Crippen molar-refractivity contribution < 1.29 is 5.11 Å². The highest BCUT2D eigenvalue weighted by Crippen LogP contribution is 2.33. The summed E-state index contributed by atoms with van der Waals surface area (Å²) in [5.74, 6) is 0.272. The number of benzene rings is 3. The fraction of sp³-hybridized carbons (Fsp3) is 0. The molecule has 0 amide bonds. The minimum absolute atomic E-state index is 0.272. The van der Waals surface area contributed by atoms with Crippen molar-refractivity contribution in [3.63, 3.8) is 0 Å². The van der Waals surface area contributed by atoms with Crippen molar-refractivity contribution in [3.8, 4) is 34.0 Å². The van der Waals surface area contributed by atoms with Crippen LogP contribution in [0.5, 0.6) is 5.75 Å². The molecule has 0 aliphatic heterocycles. The summed E-state index contributed by atoms with van der Waals surface area (Å²) >= 11 is 3.51. The first-order valence-electron chi connectivity index (χ1n) is 8.05. The molecule has 4 rings (SSSR count). The Kier molecular flexibility index (Phi) is 4.16. The van der Waals surface area contributed by atoms with Gasteiger partial charge in [-0.3, -0.25) is 0 Å². The van der Waals surface area contributed by atoms with E-state index in [1.165, 1.54) is 0 Å². The van der Waals surface area contributed by atoms with E-state index in [1.807, 2.05) is 30.3 Å². The third-order valence-electron chi connectivity index (χ3n) is 4.20. The molecule has 3 heteroatoms. The summed E-state index contributed by atoms with van der Waals surface area (Å²) in [6, 6.07) is 30.2. The van der Waals surface area contributed by atoms with E-state index in [0.717, 1.165) is 32.7 Å². The SMILES string of the molecule is Oc1ccc(-c2ccc(-c3ccccc3)n2-c2ccc(Br)cc2)cc1. The molecule has 0 saturated heterocycles. The lowest BCUT2D eigenvalue weighted by Gasteiger charge is -2.14. The minimum Gasteiger partial charge on any atom is -0.508 e. The molecule has 0 spiro atoms. The maximum Gasteiger partial charge on any atom is 0.115 e. The van der Waals surface area contributed by atoms with Gasteiger partial charge in [0.15, 0.2) is 0 Å². The van der Waals surface area contributed by atoms with Crippen molar-refractivity contribution in [2.24, 2.45) is 0 Å². The molecule has 1 heterocycles. The van der Waals surface area contributed by atoms with Crippen molar-refractivity contribution in [1.82, 2.24) is 4.57 Å². The minimum atomic E-state index is 0.272. The van der Waals surface area contributed by atoms with Crippen LogP contribution in [0.2, 0.25) is 0 Å². The maximum atomic E-state index is 9.59. The van der Waals surface area contributed by atoms with Crippen molar-refractivity contribution in [2.45, 2.75) is 0 Å². The van der Waals surface area contributed by atoms with Crippen LogP contribution < -0.4 is 0 Å². The van der Waals surface area contributed by atoms with Gasteiger partial charge in [-0.2, -0.15) is 0 Å². The van der Waals surface area contributed by atoms with Crippen LogP contribution in [0.1, 0.15) is 0 Å². The van der Waals surface area contributed by atoms with Gasteiger partial charge in [-0.1, -0.05) is 46.3 Å². The van der Waals surface area contributed by atoms with E-state index in [2.05, 4.69) is 69.0 Å². The van der Waals surface area contributed by atoms with E-state index in [-0.39, 0.29) is 5.75 Å². The van der Waals surface area contributed by atoms with E-state index < -0.39 is 0 Å². The second-order valence-electron chi connectivity index (χ2n) is 5.83. The lowest BCUT2D eigenvalue weighted by Crippen LogP contribution is -1.99. The predicted octanol–water partition coefficient (Wildman–Crippen LogP) is 6.28. The molecule has 0 atom stereocenters. The summed E-state index contributed by atoms with van der Waals surface area (Å²) in [7, 11) is 0. The molecule has 25 heavy (non-hydrogen) atoms. The van der Waals surface area contributed by atoms with Crippen LogP contribution in [0.3, 0.4) is 0 Å². The third-order valence-corrected chi connectivity index (χ3v) is 4.73. The largest absolute Gasteiger partial charge is 0.508 e. The quantitative estimate of drug-likeness (QED) is 0.438. The predicted molar refractivity (Wildman–Crippen MR) is 106 cm³/mol. The second kappa shape index (κ2) is 6.61. The second-order valence-corrected chi connectivity index (χ2v) is 6.74. The van der Waals surface area contributed by atoms with E-state index in [9.17, 15) is 5.11 Å². The molecule has 1 N–H and O–H groups in total. The number of aromatic nitrogens is 1. The van der Waals surface area contributed by atoms with Crippen LogP contribution in [-0.2, 0) is 0 Å². The molecule has 0 fully saturated rings. The Hall–Kier alpha value is -2.78. The van der Waals surface area contributed by atoms with Crippen molar-refractivity contribution in [2.75, 3.05) is 0 Å². The van der Waals surface area contributed by atoms with Crippen LogP contribution >= 0.6 is 15.9 Å². The average molecular weight is 390 g/mol. The maximum absolute atomic E-state index is 9.59. The summed E-state index contributed by atoms with van der Waals surface area (Å²) in [4.78, 5) is 0. The van der Waals surface area contributed by atoms with Gasteiger partial charge in [0.1, 0.15) is 5.75 Å². The van der Waals surface area contributed by atoms with Crippen LogP contribution in [0.15, 0.2) is 95.5 Å².